The molecule has 1 nitrogen and oxygen atoms in total. The molecule has 0 amide bonds. The van der Waals surface area contributed by atoms with Crippen LogP contribution in [0.25, 0.3) is 39.0 Å². The summed E-state index contributed by atoms with van der Waals surface area (Å²) in [7, 11) is 0. The normalized spacial score (nSPS) is 13.0. The summed E-state index contributed by atoms with van der Waals surface area (Å²) in [6, 6.07) is 41.6. The topological polar surface area (TPSA) is 12.4 Å². The van der Waals surface area contributed by atoms with E-state index in [1.807, 2.05) is 0 Å². The van der Waals surface area contributed by atoms with Crippen molar-refractivity contribution in [2.45, 2.75) is 67.2 Å². The second-order valence-corrected chi connectivity index (χ2v) is 12.9. The highest BCUT2D eigenvalue weighted by atomic mass is 14.8. The Bertz CT molecular complexity index is 1990. The van der Waals surface area contributed by atoms with E-state index in [2.05, 4.69) is 182 Å². The molecule has 0 saturated heterocycles. The smallest absolute Gasteiger partial charge is 0.0630 e. The fourth-order valence-corrected chi connectivity index (χ4v) is 6.59. The summed E-state index contributed by atoms with van der Waals surface area (Å²) in [6.45, 7) is 19.9. The Kier molecular flexibility index (Phi) is 11.2. The molecule has 0 spiro atoms. The minimum Gasteiger partial charge on any atom is -0.253 e. The zero-order chi connectivity index (χ0) is 34.2. The summed E-state index contributed by atoms with van der Waals surface area (Å²) in [5, 5.41) is 0. The SMILES string of the molecule is C=C(N=C(C)c1ccc(-c2cccc(-c3cccc(C)c3-c3ccccc3)c2C)c(C(C)CC)c1)C(=C/CC)/C=C(\C)c1ccccc1. The van der Waals surface area contributed by atoms with Gasteiger partial charge in [0, 0.05) is 5.71 Å². The Balaban J connectivity index is 1.55. The fourth-order valence-electron chi connectivity index (χ4n) is 6.59. The van der Waals surface area contributed by atoms with Gasteiger partial charge in [-0.1, -0.05) is 143 Å². The molecule has 0 aliphatic rings. The van der Waals surface area contributed by atoms with Gasteiger partial charge >= 0.3 is 0 Å². The lowest BCUT2D eigenvalue weighted by atomic mass is 9.83. The van der Waals surface area contributed by atoms with E-state index < -0.39 is 0 Å². The van der Waals surface area contributed by atoms with Crippen molar-refractivity contribution in [3.8, 4) is 33.4 Å². The highest BCUT2D eigenvalue weighted by molar-refractivity contribution is 6.00. The van der Waals surface area contributed by atoms with E-state index in [0.29, 0.717) is 5.92 Å². The van der Waals surface area contributed by atoms with E-state index in [0.717, 1.165) is 35.4 Å². The predicted molar refractivity (Wildman–Crippen MR) is 211 cm³/mol. The molecule has 0 heterocycles. The van der Waals surface area contributed by atoms with Crippen LogP contribution in [0.15, 0.2) is 150 Å². The van der Waals surface area contributed by atoms with Gasteiger partial charge in [0.1, 0.15) is 0 Å². The van der Waals surface area contributed by atoms with Gasteiger partial charge in [0.25, 0.3) is 0 Å². The van der Waals surface area contributed by atoms with E-state index in [1.54, 1.807) is 0 Å². The van der Waals surface area contributed by atoms with Gasteiger partial charge in [-0.3, -0.25) is 4.99 Å². The first-order valence-corrected chi connectivity index (χ1v) is 17.3. The van der Waals surface area contributed by atoms with E-state index >= 15 is 0 Å². The third kappa shape index (κ3) is 7.58. The average Bonchev–Trinajstić information content (AvgIpc) is 3.11. The van der Waals surface area contributed by atoms with Crippen molar-refractivity contribution in [1.82, 2.24) is 0 Å². The maximum atomic E-state index is 5.07. The van der Waals surface area contributed by atoms with E-state index in [-0.39, 0.29) is 0 Å². The molecule has 5 rings (SSSR count). The van der Waals surface area contributed by atoms with Gasteiger partial charge in [-0.15, -0.1) is 0 Å². The molecule has 0 N–H and O–H groups in total. The van der Waals surface area contributed by atoms with Crippen LogP contribution < -0.4 is 0 Å². The summed E-state index contributed by atoms with van der Waals surface area (Å²) < 4.78 is 0. The zero-order valence-corrected chi connectivity index (χ0v) is 29.8. The van der Waals surface area contributed by atoms with Crippen molar-refractivity contribution in [2.24, 2.45) is 4.99 Å². The van der Waals surface area contributed by atoms with Gasteiger partial charge in [-0.2, -0.15) is 0 Å². The van der Waals surface area contributed by atoms with Crippen LogP contribution in [0.5, 0.6) is 0 Å². The molecule has 5 aromatic carbocycles. The monoisotopic (exact) mass is 627 g/mol. The van der Waals surface area contributed by atoms with Gasteiger partial charge in [0.15, 0.2) is 0 Å². The van der Waals surface area contributed by atoms with Crippen molar-refractivity contribution >= 4 is 11.3 Å². The highest BCUT2D eigenvalue weighted by Gasteiger charge is 2.18. The summed E-state index contributed by atoms with van der Waals surface area (Å²) in [4.78, 5) is 5.07. The molecule has 1 atom stereocenters. The van der Waals surface area contributed by atoms with E-state index in [9.17, 15) is 0 Å². The Morgan fingerprint density at radius 3 is 2.00 bits per heavy atom. The molecule has 0 bridgehead atoms. The third-order valence-corrected chi connectivity index (χ3v) is 9.52. The predicted octanol–water partition coefficient (Wildman–Crippen LogP) is 13.6. The molecule has 1 unspecified atom stereocenters. The molecule has 0 fully saturated rings. The molecule has 0 aromatic heterocycles. The van der Waals surface area contributed by atoms with Gasteiger partial charge in [0.2, 0.25) is 0 Å². The molecule has 5 aromatic rings. The van der Waals surface area contributed by atoms with Crippen LogP contribution in [0.3, 0.4) is 0 Å². The van der Waals surface area contributed by atoms with Gasteiger partial charge in [-0.25, -0.2) is 0 Å². The van der Waals surface area contributed by atoms with Crippen molar-refractivity contribution in [2.75, 3.05) is 0 Å². The zero-order valence-electron chi connectivity index (χ0n) is 29.8. The minimum atomic E-state index is 0.393. The number of rotatable bonds is 11. The van der Waals surface area contributed by atoms with Crippen LogP contribution >= 0.6 is 0 Å². The highest BCUT2D eigenvalue weighted by Crippen LogP contribution is 2.41. The van der Waals surface area contributed by atoms with Gasteiger partial charge in [0.05, 0.1) is 5.70 Å². The van der Waals surface area contributed by atoms with Crippen LogP contribution in [0.4, 0.5) is 0 Å². The van der Waals surface area contributed by atoms with E-state index in [4.69, 9.17) is 4.99 Å². The van der Waals surface area contributed by atoms with Gasteiger partial charge < -0.3 is 0 Å². The van der Waals surface area contributed by atoms with Crippen molar-refractivity contribution in [1.29, 1.82) is 0 Å². The molecule has 0 saturated carbocycles. The Labute approximate surface area is 289 Å². The maximum Gasteiger partial charge on any atom is 0.0630 e. The van der Waals surface area contributed by atoms with Crippen LogP contribution in [-0.4, -0.2) is 5.71 Å². The lowest BCUT2D eigenvalue weighted by molar-refractivity contribution is 0.735. The summed E-state index contributed by atoms with van der Waals surface area (Å²) in [5.41, 5.74) is 18.0. The number of benzene rings is 5. The Hall–Kier alpha value is -5.01. The molecule has 242 valence electrons. The number of aryl methyl sites for hydroxylation is 1. The van der Waals surface area contributed by atoms with Crippen LogP contribution in [0.1, 0.15) is 81.2 Å². The molecule has 48 heavy (non-hydrogen) atoms. The largest absolute Gasteiger partial charge is 0.253 e. The average molecular weight is 628 g/mol. The third-order valence-electron chi connectivity index (χ3n) is 9.52. The second-order valence-electron chi connectivity index (χ2n) is 12.9. The second kappa shape index (κ2) is 15.7. The van der Waals surface area contributed by atoms with Crippen LogP contribution in [-0.2, 0) is 0 Å². The number of hydrogen-bond donors (Lipinski definition) is 0. The lowest BCUT2D eigenvalue weighted by Gasteiger charge is -2.21. The maximum absolute atomic E-state index is 5.07. The first kappa shape index (κ1) is 34.3. The first-order valence-electron chi connectivity index (χ1n) is 17.3. The number of aliphatic imine (C=N–C) groups is 1. The summed E-state index contributed by atoms with van der Waals surface area (Å²) in [6.07, 6.45) is 6.40. The molecular weight excluding hydrogens is 579 g/mol. The number of hydrogen-bond acceptors (Lipinski definition) is 1. The van der Waals surface area contributed by atoms with Crippen molar-refractivity contribution in [3.05, 3.63) is 173 Å². The Morgan fingerprint density at radius 1 is 0.708 bits per heavy atom. The van der Waals surface area contributed by atoms with Crippen LogP contribution in [0, 0.1) is 13.8 Å². The molecular formula is C47H49N. The minimum absolute atomic E-state index is 0.393. The van der Waals surface area contributed by atoms with Crippen molar-refractivity contribution < 1.29 is 0 Å². The molecule has 0 aliphatic heterocycles. The van der Waals surface area contributed by atoms with Crippen molar-refractivity contribution in [3.63, 3.8) is 0 Å². The summed E-state index contributed by atoms with van der Waals surface area (Å²) >= 11 is 0. The number of nitrogens with zero attached hydrogens (tertiary/aromatic N) is 1. The standard InChI is InChI=1S/C47H49N/c1-9-19-40(30-34(5)38-21-13-11-14-22-38)36(7)48-37(8)41-28-29-44(46(31-41)32(3)10-2)42-25-18-26-43(35(42)6)45-27-17-20-33(4)47(45)39-23-15-12-16-24-39/h11-32H,7,9-10H2,1-6,8H3/b34-30+,40-19+,48-37?. The fraction of sp³-hybridized carbons (Fsp3) is 0.213. The number of allylic oxidation sites excluding steroid dienone is 3. The first-order chi connectivity index (χ1) is 23.2. The van der Waals surface area contributed by atoms with Crippen LogP contribution in [0.2, 0.25) is 0 Å². The molecule has 0 aliphatic carbocycles. The summed E-state index contributed by atoms with van der Waals surface area (Å²) in [5.74, 6) is 0.393. The lowest BCUT2D eigenvalue weighted by Crippen LogP contribution is -2.03. The van der Waals surface area contributed by atoms with Gasteiger partial charge in [-0.05, 0) is 131 Å². The molecule has 1 heteroatoms. The Morgan fingerprint density at radius 2 is 1.33 bits per heavy atom. The molecule has 0 radical (unpaired) electrons. The quantitative estimate of drug-likeness (QED) is 0.102. The van der Waals surface area contributed by atoms with E-state index in [1.165, 1.54) is 61.2 Å².